The Labute approximate surface area is 158 Å². The van der Waals surface area contributed by atoms with Crippen molar-refractivity contribution in [3.63, 3.8) is 0 Å². The van der Waals surface area contributed by atoms with Gasteiger partial charge in [0.15, 0.2) is 0 Å². The molecule has 2 aliphatic heterocycles. The largest absolute Gasteiger partial charge is 0.492 e. The number of aromatic nitrogens is 2. The predicted molar refractivity (Wildman–Crippen MR) is 97.7 cm³/mol. The van der Waals surface area contributed by atoms with E-state index in [4.69, 9.17) is 14.0 Å². The Morgan fingerprint density at radius 3 is 3.04 bits per heavy atom. The standard InChI is InChI=1S/C20H25N3O4/c1-3-5-17-18(14(2)22-27-17)19(24)23-12-20(13-23)15(7-9-26-20)11-25-16-6-4-8-21-10-16/h4,6,8,10,15H,3,5,7,9,11-13H2,1-2H3. The highest BCUT2D eigenvalue weighted by molar-refractivity contribution is 5.96. The van der Waals surface area contributed by atoms with Crippen LogP contribution in [0.4, 0.5) is 0 Å². The van der Waals surface area contributed by atoms with Gasteiger partial charge in [0.05, 0.1) is 31.6 Å². The van der Waals surface area contributed by atoms with Crippen LogP contribution in [0.25, 0.3) is 0 Å². The minimum absolute atomic E-state index is 0.00903. The van der Waals surface area contributed by atoms with E-state index in [0.717, 1.165) is 25.0 Å². The van der Waals surface area contributed by atoms with Crippen LogP contribution in [-0.4, -0.2) is 52.9 Å². The summed E-state index contributed by atoms with van der Waals surface area (Å²) in [5, 5.41) is 3.98. The van der Waals surface area contributed by atoms with Gasteiger partial charge in [-0.2, -0.15) is 0 Å². The Balaban J connectivity index is 1.40. The number of ether oxygens (including phenoxy) is 2. The number of pyridine rings is 1. The molecule has 7 nitrogen and oxygen atoms in total. The molecule has 0 aromatic carbocycles. The molecular formula is C20H25N3O4. The number of aryl methyl sites for hydroxylation is 2. The van der Waals surface area contributed by atoms with E-state index in [1.54, 1.807) is 12.4 Å². The molecule has 1 unspecified atom stereocenters. The van der Waals surface area contributed by atoms with Gasteiger partial charge in [-0.3, -0.25) is 9.78 Å². The minimum atomic E-state index is -0.298. The van der Waals surface area contributed by atoms with Crippen LogP contribution >= 0.6 is 0 Å². The predicted octanol–water partition coefficient (Wildman–Crippen LogP) is 2.64. The van der Waals surface area contributed by atoms with Gasteiger partial charge >= 0.3 is 0 Å². The Bertz CT molecular complexity index is 799. The fourth-order valence-corrected chi connectivity index (χ4v) is 3.99. The van der Waals surface area contributed by atoms with Crippen LogP contribution in [0.2, 0.25) is 0 Å². The second-order valence-corrected chi connectivity index (χ2v) is 7.38. The topological polar surface area (TPSA) is 77.7 Å². The highest BCUT2D eigenvalue weighted by Gasteiger charge is 2.55. The summed E-state index contributed by atoms with van der Waals surface area (Å²) in [6, 6.07) is 3.76. The number of likely N-dealkylation sites (tertiary alicyclic amines) is 1. The average molecular weight is 371 g/mol. The quantitative estimate of drug-likeness (QED) is 0.777. The average Bonchev–Trinajstić information content (AvgIpc) is 3.23. The van der Waals surface area contributed by atoms with Crippen molar-refractivity contribution in [3.05, 3.63) is 41.5 Å². The number of hydrogen-bond donors (Lipinski definition) is 0. The summed E-state index contributed by atoms with van der Waals surface area (Å²) >= 11 is 0. The zero-order chi connectivity index (χ0) is 18.9. The molecule has 2 aromatic heterocycles. The maximum atomic E-state index is 13.0. The molecule has 1 spiro atoms. The van der Waals surface area contributed by atoms with Gasteiger partial charge < -0.3 is 18.9 Å². The number of carbonyl (C=O) groups excluding carboxylic acids is 1. The number of hydrogen-bond acceptors (Lipinski definition) is 6. The van der Waals surface area contributed by atoms with Gasteiger partial charge in [-0.25, -0.2) is 0 Å². The van der Waals surface area contributed by atoms with E-state index < -0.39 is 0 Å². The monoisotopic (exact) mass is 371 g/mol. The first-order valence-electron chi connectivity index (χ1n) is 9.54. The molecular weight excluding hydrogens is 346 g/mol. The summed E-state index contributed by atoms with van der Waals surface area (Å²) in [5.41, 5.74) is 0.981. The minimum Gasteiger partial charge on any atom is -0.492 e. The molecule has 2 aromatic rings. The van der Waals surface area contributed by atoms with Gasteiger partial charge in [0.2, 0.25) is 0 Å². The van der Waals surface area contributed by atoms with Crippen molar-refractivity contribution in [3.8, 4) is 5.75 Å². The highest BCUT2D eigenvalue weighted by atomic mass is 16.5. The molecule has 7 heteroatoms. The molecule has 0 aliphatic carbocycles. The van der Waals surface area contributed by atoms with E-state index in [2.05, 4.69) is 17.1 Å². The first-order chi connectivity index (χ1) is 13.1. The molecule has 2 saturated heterocycles. The van der Waals surface area contributed by atoms with Crippen LogP contribution in [0.5, 0.6) is 5.75 Å². The van der Waals surface area contributed by atoms with Crippen molar-refractivity contribution < 1.29 is 18.8 Å². The second kappa shape index (κ2) is 7.31. The summed E-state index contributed by atoms with van der Waals surface area (Å²) in [6.07, 6.45) is 6.01. The number of amides is 1. The zero-order valence-electron chi connectivity index (χ0n) is 15.8. The van der Waals surface area contributed by atoms with E-state index in [1.807, 2.05) is 24.0 Å². The van der Waals surface area contributed by atoms with Crippen molar-refractivity contribution in [2.75, 3.05) is 26.3 Å². The molecule has 0 N–H and O–H groups in total. The Morgan fingerprint density at radius 1 is 1.44 bits per heavy atom. The number of nitrogens with zero attached hydrogens (tertiary/aromatic N) is 3. The Kier molecular flexibility index (Phi) is 4.86. The summed E-state index contributed by atoms with van der Waals surface area (Å²) in [6.45, 7) is 6.33. The molecule has 4 rings (SSSR count). The van der Waals surface area contributed by atoms with Crippen LogP contribution in [0, 0.1) is 12.8 Å². The Morgan fingerprint density at radius 2 is 2.30 bits per heavy atom. The van der Waals surface area contributed by atoms with Gasteiger partial charge in [-0.15, -0.1) is 0 Å². The lowest BCUT2D eigenvalue weighted by atomic mass is 9.81. The van der Waals surface area contributed by atoms with E-state index >= 15 is 0 Å². The lowest BCUT2D eigenvalue weighted by molar-refractivity contribution is -0.122. The molecule has 1 atom stereocenters. The molecule has 27 heavy (non-hydrogen) atoms. The molecule has 2 fully saturated rings. The van der Waals surface area contributed by atoms with Gasteiger partial charge in [-0.1, -0.05) is 12.1 Å². The molecule has 1 amide bonds. The first-order valence-corrected chi connectivity index (χ1v) is 9.54. The van der Waals surface area contributed by atoms with Gasteiger partial charge in [-0.05, 0) is 31.9 Å². The van der Waals surface area contributed by atoms with Crippen LogP contribution < -0.4 is 4.74 Å². The van der Waals surface area contributed by atoms with Crippen LogP contribution in [0.15, 0.2) is 29.0 Å². The van der Waals surface area contributed by atoms with Gasteiger partial charge in [0.1, 0.15) is 22.7 Å². The Hall–Kier alpha value is -2.41. The van der Waals surface area contributed by atoms with Crippen molar-refractivity contribution in [2.24, 2.45) is 5.92 Å². The molecule has 0 radical (unpaired) electrons. The summed E-state index contributed by atoms with van der Waals surface area (Å²) < 4.78 is 17.3. The summed E-state index contributed by atoms with van der Waals surface area (Å²) in [5.74, 6) is 1.70. The first kappa shape index (κ1) is 18.0. The van der Waals surface area contributed by atoms with E-state index in [0.29, 0.717) is 43.3 Å². The van der Waals surface area contributed by atoms with Crippen LogP contribution in [0.3, 0.4) is 0 Å². The molecule has 144 valence electrons. The lowest BCUT2D eigenvalue weighted by Crippen LogP contribution is -2.66. The van der Waals surface area contributed by atoms with Crippen LogP contribution in [0.1, 0.15) is 41.6 Å². The van der Waals surface area contributed by atoms with Crippen molar-refractivity contribution >= 4 is 5.91 Å². The lowest BCUT2D eigenvalue weighted by Gasteiger charge is -2.50. The van der Waals surface area contributed by atoms with Crippen molar-refractivity contribution in [2.45, 2.75) is 38.7 Å². The fourth-order valence-electron chi connectivity index (χ4n) is 3.99. The third-order valence-corrected chi connectivity index (χ3v) is 5.51. The summed E-state index contributed by atoms with van der Waals surface area (Å²) in [4.78, 5) is 18.9. The molecule has 0 bridgehead atoms. The molecule has 0 saturated carbocycles. The maximum Gasteiger partial charge on any atom is 0.259 e. The normalized spacial score (nSPS) is 20.7. The van der Waals surface area contributed by atoms with E-state index in [1.165, 1.54) is 0 Å². The maximum absolute atomic E-state index is 13.0. The van der Waals surface area contributed by atoms with Crippen molar-refractivity contribution in [1.29, 1.82) is 0 Å². The highest BCUT2D eigenvalue weighted by Crippen LogP contribution is 2.41. The number of rotatable bonds is 6. The summed E-state index contributed by atoms with van der Waals surface area (Å²) in [7, 11) is 0. The van der Waals surface area contributed by atoms with E-state index in [-0.39, 0.29) is 17.4 Å². The van der Waals surface area contributed by atoms with Gasteiger partial charge in [0, 0.05) is 25.1 Å². The SMILES string of the molecule is CCCc1onc(C)c1C(=O)N1CC2(C1)OCCC2COc1cccnc1. The van der Waals surface area contributed by atoms with E-state index in [9.17, 15) is 4.79 Å². The van der Waals surface area contributed by atoms with Crippen molar-refractivity contribution in [1.82, 2.24) is 15.0 Å². The third-order valence-electron chi connectivity index (χ3n) is 5.51. The van der Waals surface area contributed by atoms with Gasteiger partial charge in [0.25, 0.3) is 5.91 Å². The number of carbonyl (C=O) groups is 1. The second-order valence-electron chi connectivity index (χ2n) is 7.38. The molecule has 2 aliphatic rings. The third kappa shape index (κ3) is 3.32. The molecule has 4 heterocycles. The fraction of sp³-hybridized carbons (Fsp3) is 0.550. The zero-order valence-corrected chi connectivity index (χ0v) is 15.8. The van der Waals surface area contributed by atoms with Crippen LogP contribution in [-0.2, 0) is 11.2 Å². The smallest absolute Gasteiger partial charge is 0.259 e.